The molecule has 0 unspecified atom stereocenters. The molecule has 0 aliphatic rings. The number of fused-ring (bicyclic) bond motifs is 1. The summed E-state index contributed by atoms with van der Waals surface area (Å²) in [4.78, 5) is 19.7. The molecule has 0 aliphatic carbocycles. The minimum absolute atomic E-state index is 0.0105. The maximum absolute atomic E-state index is 14.4. The minimum atomic E-state index is -3.80. The highest BCUT2D eigenvalue weighted by molar-refractivity contribution is 7.91. The normalized spacial score (nSPS) is 11.5. The van der Waals surface area contributed by atoms with Crippen molar-refractivity contribution in [1.29, 1.82) is 0 Å². The number of amides is 1. The van der Waals surface area contributed by atoms with Crippen molar-refractivity contribution in [2.45, 2.75) is 18.7 Å². The third-order valence-corrected chi connectivity index (χ3v) is 6.63. The molecule has 0 spiro atoms. The molecule has 2 aromatic heterocycles. The Hall–Kier alpha value is -3.43. The Balaban J connectivity index is 1.44. The maximum atomic E-state index is 14.4. The van der Waals surface area contributed by atoms with Crippen LogP contribution in [-0.4, -0.2) is 24.3 Å². The largest absolute Gasteiger partial charge is 0.360 e. The lowest BCUT2D eigenvalue weighted by molar-refractivity contribution is -0.120. The number of hydrogen-bond donors (Lipinski definition) is 3. The number of aromatic nitrogens is 2. The zero-order valence-electron chi connectivity index (χ0n) is 17.3. The Bertz CT molecular complexity index is 1410. The first-order valence-corrected chi connectivity index (χ1v) is 12.0. The van der Waals surface area contributed by atoms with Crippen molar-refractivity contribution in [3.05, 3.63) is 94.7 Å². The second kappa shape index (κ2) is 9.60. The lowest BCUT2D eigenvalue weighted by Gasteiger charge is -2.13. The van der Waals surface area contributed by atoms with Crippen molar-refractivity contribution in [1.82, 2.24) is 15.3 Å². The van der Waals surface area contributed by atoms with Crippen molar-refractivity contribution < 1.29 is 17.6 Å². The second-order valence-corrected chi connectivity index (χ2v) is 9.53. The van der Waals surface area contributed by atoms with Gasteiger partial charge in [-0.3, -0.25) is 14.5 Å². The van der Waals surface area contributed by atoms with E-state index in [1.54, 1.807) is 42.7 Å². The van der Waals surface area contributed by atoms with Gasteiger partial charge in [-0.15, -0.1) is 0 Å². The van der Waals surface area contributed by atoms with Crippen LogP contribution < -0.4 is 10.0 Å². The smallest absolute Gasteiger partial charge is 0.236 e. The van der Waals surface area contributed by atoms with Crippen molar-refractivity contribution in [2.75, 3.05) is 4.72 Å². The first-order valence-electron chi connectivity index (χ1n) is 10.0. The third kappa shape index (κ3) is 5.68. The van der Waals surface area contributed by atoms with Crippen LogP contribution in [0, 0.1) is 5.82 Å². The number of nitrogens with zero attached hydrogens (tertiary/aromatic N) is 1. The van der Waals surface area contributed by atoms with Gasteiger partial charge in [0.05, 0.1) is 46.8 Å². The molecule has 1 amide bonds. The number of halogens is 2. The predicted octanol–water partition coefficient (Wildman–Crippen LogP) is 4.16. The number of rotatable bonds is 8. The van der Waals surface area contributed by atoms with Gasteiger partial charge in [0.25, 0.3) is 0 Å². The molecule has 0 saturated heterocycles. The number of pyridine rings is 1. The summed E-state index contributed by atoms with van der Waals surface area (Å²) in [6.45, 7) is 0.155. The van der Waals surface area contributed by atoms with Crippen molar-refractivity contribution in [2.24, 2.45) is 0 Å². The summed E-state index contributed by atoms with van der Waals surface area (Å²) >= 11 is 6.27. The summed E-state index contributed by atoms with van der Waals surface area (Å²) < 4.78 is 41.8. The zero-order chi connectivity index (χ0) is 23.4. The summed E-state index contributed by atoms with van der Waals surface area (Å²) in [5.74, 6) is -1.44. The van der Waals surface area contributed by atoms with Crippen molar-refractivity contribution >= 4 is 44.1 Å². The van der Waals surface area contributed by atoms with Gasteiger partial charge in [-0.25, -0.2) is 12.8 Å². The fraction of sp³-hybridized carbons (Fsp3) is 0.130. The number of sulfonamides is 1. The summed E-state index contributed by atoms with van der Waals surface area (Å²) in [5, 5.41) is 3.48. The fourth-order valence-corrected chi connectivity index (χ4v) is 4.87. The molecule has 33 heavy (non-hydrogen) atoms. The molecule has 4 rings (SSSR count). The fourth-order valence-electron chi connectivity index (χ4n) is 3.34. The first-order chi connectivity index (χ1) is 15.8. The molecule has 0 radical (unpaired) electrons. The lowest BCUT2D eigenvalue weighted by Crippen LogP contribution is -2.25. The average Bonchev–Trinajstić information content (AvgIpc) is 3.25. The van der Waals surface area contributed by atoms with Crippen LogP contribution in [0.3, 0.4) is 0 Å². The van der Waals surface area contributed by atoms with E-state index in [1.165, 1.54) is 6.07 Å². The van der Waals surface area contributed by atoms with Gasteiger partial charge in [-0.2, -0.15) is 0 Å². The number of anilines is 1. The number of nitrogens with one attached hydrogen (secondary N) is 3. The number of carbonyl (C=O) groups is 1. The first kappa shape index (κ1) is 22.8. The van der Waals surface area contributed by atoms with Gasteiger partial charge < -0.3 is 10.3 Å². The Labute approximate surface area is 195 Å². The Morgan fingerprint density at radius 2 is 1.91 bits per heavy atom. The van der Waals surface area contributed by atoms with Crippen LogP contribution in [0.4, 0.5) is 10.1 Å². The Kier molecular flexibility index (Phi) is 6.62. The van der Waals surface area contributed by atoms with Crippen molar-refractivity contribution in [3.63, 3.8) is 0 Å². The van der Waals surface area contributed by atoms with Gasteiger partial charge in [0, 0.05) is 17.1 Å². The van der Waals surface area contributed by atoms with Crippen LogP contribution >= 0.6 is 11.6 Å². The van der Waals surface area contributed by atoms with E-state index in [9.17, 15) is 17.6 Å². The quantitative estimate of drug-likeness (QED) is 0.348. The molecule has 4 aromatic rings. The van der Waals surface area contributed by atoms with Gasteiger partial charge in [0.1, 0.15) is 5.82 Å². The average molecular weight is 487 g/mol. The van der Waals surface area contributed by atoms with E-state index < -0.39 is 21.7 Å². The standard InChI is InChI=1S/C23H20ClFN4O3S/c24-23-18(11-22(30)28-12-17-10-16-8-9-26-21(16)13-27-17)19(25)6-7-20(23)29-33(31,32)14-15-4-2-1-3-5-15/h1-10,13,26,29H,11-12,14H2,(H,28,30). The molecule has 2 aromatic carbocycles. The summed E-state index contributed by atoms with van der Waals surface area (Å²) in [6.07, 6.45) is 3.10. The van der Waals surface area contributed by atoms with Crippen LogP contribution in [0.2, 0.25) is 5.02 Å². The summed E-state index contributed by atoms with van der Waals surface area (Å²) in [7, 11) is -3.80. The number of H-pyrrole nitrogens is 1. The zero-order valence-corrected chi connectivity index (χ0v) is 18.9. The van der Waals surface area contributed by atoms with E-state index in [4.69, 9.17) is 11.6 Å². The Morgan fingerprint density at radius 1 is 1.12 bits per heavy atom. The van der Waals surface area contributed by atoms with Crippen LogP contribution in [0.1, 0.15) is 16.8 Å². The van der Waals surface area contributed by atoms with E-state index in [1.807, 2.05) is 12.1 Å². The molecule has 2 heterocycles. The van der Waals surface area contributed by atoms with Gasteiger partial charge in [0.15, 0.2) is 0 Å². The number of benzene rings is 2. The molecule has 0 bridgehead atoms. The second-order valence-electron chi connectivity index (χ2n) is 7.43. The molecule has 0 atom stereocenters. The van der Waals surface area contributed by atoms with E-state index >= 15 is 0 Å². The molecule has 0 saturated carbocycles. The molecule has 7 nitrogen and oxygen atoms in total. The maximum Gasteiger partial charge on any atom is 0.236 e. The van der Waals surface area contributed by atoms with Crippen LogP contribution in [0.15, 0.2) is 67.0 Å². The predicted molar refractivity (Wildman–Crippen MR) is 126 cm³/mol. The number of aromatic amines is 1. The summed E-state index contributed by atoms with van der Waals surface area (Å²) in [6, 6.07) is 14.7. The minimum Gasteiger partial charge on any atom is -0.360 e. The third-order valence-electron chi connectivity index (χ3n) is 4.95. The molecular weight excluding hydrogens is 467 g/mol. The number of hydrogen-bond acceptors (Lipinski definition) is 4. The molecule has 3 N–H and O–H groups in total. The van der Waals surface area contributed by atoms with Gasteiger partial charge in [-0.1, -0.05) is 41.9 Å². The lowest BCUT2D eigenvalue weighted by atomic mass is 10.1. The molecule has 0 fully saturated rings. The molecule has 10 heteroatoms. The van der Waals surface area contributed by atoms with E-state index in [-0.39, 0.29) is 35.0 Å². The Morgan fingerprint density at radius 3 is 2.70 bits per heavy atom. The summed E-state index contributed by atoms with van der Waals surface area (Å²) in [5.41, 5.74) is 2.03. The monoisotopic (exact) mass is 486 g/mol. The number of carbonyl (C=O) groups excluding carboxylic acids is 1. The van der Waals surface area contributed by atoms with Crippen LogP contribution in [-0.2, 0) is 33.5 Å². The SMILES string of the molecule is O=C(Cc1c(F)ccc(NS(=O)(=O)Cc2ccccc2)c1Cl)NCc1cc2cc[nH]c2cn1. The van der Waals surface area contributed by atoms with E-state index in [0.717, 1.165) is 17.0 Å². The van der Waals surface area contributed by atoms with Gasteiger partial charge in [-0.05, 0) is 29.8 Å². The van der Waals surface area contributed by atoms with Gasteiger partial charge in [0.2, 0.25) is 15.9 Å². The highest BCUT2D eigenvalue weighted by Gasteiger charge is 2.19. The van der Waals surface area contributed by atoms with Gasteiger partial charge >= 0.3 is 0 Å². The van der Waals surface area contributed by atoms with Crippen LogP contribution in [0.5, 0.6) is 0 Å². The van der Waals surface area contributed by atoms with E-state index in [2.05, 4.69) is 20.0 Å². The molecular formula is C23H20ClFN4O3S. The topological polar surface area (TPSA) is 104 Å². The van der Waals surface area contributed by atoms with E-state index in [0.29, 0.717) is 11.3 Å². The highest BCUT2D eigenvalue weighted by atomic mass is 35.5. The highest BCUT2D eigenvalue weighted by Crippen LogP contribution is 2.30. The van der Waals surface area contributed by atoms with Crippen molar-refractivity contribution in [3.8, 4) is 0 Å². The van der Waals surface area contributed by atoms with Crippen LogP contribution in [0.25, 0.3) is 10.9 Å². The molecule has 0 aliphatic heterocycles. The molecule has 170 valence electrons.